The summed E-state index contributed by atoms with van der Waals surface area (Å²) in [4.78, 5) is 0.292. The number of nitrogens with one attached hydrogen (secondary N) is 1. The van der Waals surface area contributed by atoms with E-state index in [1.54, 1.807) is 31.3 Å². The maximum absolute atomic E-state index is 12.2. The Hall–Kier alpha value is -1.11. The molecule has 0 aliphatic rings. The summed E-state index contributed by atoms with van der Waals surface area (Å²) in [6.45, 7) is 2.64. The molecule has 3 N–H and O–H groups in total. The highest BCUT2D eigenvalue weighted by atomic mass is 32.2. The number of anilines is 1. The predicted molar refractivity (Wildman–Crippen MR) is 73.6 cm³/mol. The molecule has 0 saturated heterocycles. The van der Waals surface area contributed by atoms with Gasteiger partial charge in [0.05, 0.1) is 4.90 Å². The molecule has 0 bridgehead atoms. The average Bonchev–Trinajstić information content (AvgIpc) is 2.39. The zero-order valence-corrected chi connectivity index (χ0v) is 11.7. The van der Waals surface area contributed by atoms with E-state index in [2.05, 4.69) is 12.3 Å². The summed E-state index contributed by atoms with van der Waals surface area (Å²) in [5.41, 5.74) is 3.15. The lowest BCUT2D eigenvalue weighted by atomic mass is 10.2. The van der Waals surface area contributed by atoms with Gasteiger partial charge >= 0.3 is 0 Å². The lowest BCUT2D eigenvalue weighted by Crippen LogP contribution is -2.28. The molecule has 0 unspecified atom stereocenters. The highest BCUT2D eigenvalue weighted by Gasteiger charge is 2.19. The number of hydrogen-bond donors (Lipinski definition) is 2. The Morgan fingerprint density at radius 3 is 2.33 bits per heavy atom. The number of nitrogens with two attached hydrogens (primary N) is 1. The van der Waals surface area contributed by atoms with Gasteiger partial charge in [0.15, 0.2) is 0 Å². The normalized spacial score (nSPS) is 11.8. The van der Waals surface area contributed by atoms with Crippen molar-refractivity contribution in [3.63, 3.8) is 0 Å². The maximum atomic E-state index is 12.2. The Morgan fingerprint density at radius 2 is 1.83 bits per heavy atom. The molecule has 0 atom stereocenters. The summed E-state index contributed by atoms with van der Waals surface area (Å²) in [5.74, 6) is 5.24. The summed E-state index contributed by atoms with van der Waals surface area (Å²) in [6, 6.07) is 6.40. The number of nitrogens with zero attached hydrogens (tertiary/aromatic N) is 1. The standard InChI is InChI=1S/C12H21N3O2S/c1-3-4-5-10-15(2)18(16,17)12-8-6-11(14-13)7-9-12/h6-9,14H,3-5,10,13H2,1-2H3. The molecule has 18 heavy (non-hydrogen) atoms. The zero-order chi connectivity index (χ0) is 13.6. The van der Waals surface area contributed by atoms with Crippen molar-refractivity contribution in [1.29, 1.82) is 0 Å². The molecule has 1 aromatic rings. The number of hydrazine groups is 1. The van der Waals surface area contributed by atoms with Crippen molar-refractivity contribution in [3.8, 4) is 0 Å². The Balaban J connectivity index is 2.77. The molecular formula is C12H21N3O2S. The molecule has 0 fully saturated rings. The molecular weight excluding hydrogens is 250 g/mol. The van der Waals surface area contributed by atoms with Crippen molar-refractivity contribution < 1.29 is 8.42 Å². The molecule has 0 spiro atoms. The first kappa shape index (κ1) is 14.9. The van der Waals surface area contributed by atoms with Gasteiger partial charge < -0.3 is 5.43 Å². The minimum Gasteiger partial charge on any atom is -0.324 e. The molecule has 0 aliphatic heterocycles. The van der Waals surface area contributed by atoms with Crippen LogP contribution in [0.25, 0.3) is 0 Å². The average molecular weight is 271 g/mol. The molecule has 0 heterocycles. The molecule has 6 heteroatoms. The maximum Gasteiger partial charge on any atom is 0.242 e. The monoisotopic (exact) mass is 271 g/mol. The van der Waals surface area contributed by atoms with Crippen LogP contribution in [0, 0.1) is 0 Å². The van der Waals surface area contributed by atoms with Gasteiger partial charge in [0.2, 0.25) is 10.0 Å². The Kier molecular flexibility index (Phi) is 5.58. The first-order valence-electron chi connectivity index (χ1n) is 6.05. The van der Waals surface area contributed by atoms with Crippen molar-refractivity contribution in [1.82, 2.24) is 4.31 Å². The van der Waals surface area contributed by atoms with Crippen LogP contribution in [0.15, 0.2) is 29.2 Å². The first-order chi connectivity index (χ1) is 8.52. The van der Waals surface area contributed by atoms with Crippen molar-refractivity contribution in [2.45, 2.75) is 31.1 Å². The van der Waals surface area contributed by atoms with E-state index in [1.165, 1.54) is 4.31 Å². The number of unbranched alkanes of at least 4 members (excludes halogenated alkanes) is 2. The van der Waals surface area contributed by atoms with Crippen molar-refractivity contribution in [3.05, 3.63) is 24.3 Å². The summed E-state index contributed by atoms with van der Waals surface area (Å²) in [7, 11) is -1.77. The minimum atomic E-state index is -3.38. The van der Waals surface area contributed by atoms with E-state index in [0.29, 0.717) is 17.1 Å². The third-order valence-electron chi connectivity index (χ3n) is 2.81. The summed E-state index contributed by atoms with van der Waals surface area (Å²) in [5, 5.41) is 0. The van der Waals surface area contributed by atoms with Crippen LogP contribution in [0.3, 0.4) is 0 Å². The van der Waals surface area contributed by atoms with Gasteiger partial charge in [-0.3, -0.25) is 5.84 Å². The van der Waals surface area contributed by atoms with Gasteiger partial charge in [0.1, 0.15) is 0 Å². The molecule has 1 rings (SSSR count). The fourth-order valence-electron chi connectivity index (χ4n) is 1.61. The summed E-state index contributed by atoms with van der Waals surface area (Å²) >= 11 is 0. The van der Waals surface area contributed by atoms with E-state index in [4.69, 9.17) is 5.84 Å². The van der Waals surface area contributed by atoms with E-state index < -0.39 is 10.0 Å². The summed E-state index contributed by atoms with van der Waals surface area (Å²) < 4.78 is 25.8. The number of hydrogen-bond acceptors (Lipinski definition) is 4. The van der Waals surface area contributed by atoms with Crippen LogP contribution in [-0.2, 0) is 10.0 Å². The highest BCUT2D eigenvalue weighted by molar-refractivity contribution is 7.89. The molecule has 102 valence electrons. The van der Waals surface area contributed by atoms with E-state index in [-0.39, 0.29) is 0 Å². The van der Waals surface area contributed by atoms with Gasteiger partial charge in [0, 0.05) is 19.3 Å². The van der Waals surface area contributed by atoms with Crippen molar-refractivity contribution in [2.24, 2.45) is 5.84 Å². The quantitative estimate of drug-likeness (QED) is 0.450. The van der Waals surface area contributed by atoms with Gasteiger partial charge in [-0.25, -0.2) is 12.7 Å². The number of benzene rings is 1. The Morgan fingerprint density at radius 1 is 1.22 bits per heavy atom. The van der Waals surface area contributed by atoms with E-state index in [0.717, 1.165) is 19.3 Å². The van der Waals surface area contributed by atoms with E-state index in [9.17, 15) is 8.42 Å². The van der Waals surface area contributed by atoms with Crippen molar-refractivity contribution in [2.75, 3.05) is 19.0 Å². The highest BCUT2D eigenvalue weighted by Crippen LogP contribution is 2.17. The molecule has 0 saturated carbocycles. The lowest BCUT2D eigenvalue weighted by molar-refractivity contribution is 0.454. The van der Waals surface area contributed by atoms with Gasteiger partial charge in [-0.2, -0.15) is 0 Å². The first-order valence-corrected chi connectivity index (χ1v) is 7.49. The third-order valence-corrected chi connectivity index (χ3v) is 4.68. The van der Waals surface area contributed by atoms with Crippen LogP contribution in [0.2, 0.25) is 0 Å². The van der Waals surface area contributed by atoms with Gasteiger partial charge in [0.25, 0.3) is 0 Å². The molecule has 0 aromatic heterocycles. The second-order valence-corrected chi connectivity index (χ2v) is 6.25. The zero-order valence-electron chi connectivity index (χ0n) is 10.9. The van der Waals surface area contributed by atoms with Crippen LogP contribution >= 0.6 is 0 Å². The molecule has 5 nitrogen and oxygen atoms in total. The van der Waals surface area contributed by atoms with Crippen LogP contribution in [0.4, 0.5) is 5.69 Å². The summed E-state index contributed by atoms with van der Waals surface area (Å²) in [6.07, 6.45) is 3.00. The van der Waals surface area contributed by atoms with Gasteiger partial charge in [-0.15, -0.1) is 0 Å². The van der Waals surface area contributed by atoms with Gasteiger partial charge in [-0.1, -0.05) is 19.8 Å². The minimum absolute atomic E-state index is 0.292. The van der Waals surface area contributed by atoms with E-state index >= 15 is 0 Å². The second-order valence-electron chi connectivity index (χ2n) is 4.20. The third kappa shape index (κ3) is 3.69. The largest absolute Gasteiger partial charge is 0.324 e. The second kappa shape index (κ2) is 6.72. The van der Waals surface area contributed by atoms with Crippen LogP contribution < -0.4 is 11.3 Å². The smallest absolute Gasteiger partial charge is 0.242 e. The lowest BCUT2D eigenvalue weighted by Gasteiger charge is -2.17. The van der Waals surface area contributed by atoms with E-state index in [1.807, 2.05) is 0 Å². The molecule has 0 aliphatic carbocycles. The molecule has 0 radical (unpaired) electrons. The number of sulfonamides is 1. The SMILES string of the molecule is CCCCCN(C)S(=O)(=O)c1ccc(NN)cc1. The van der Waals surface area contributed by atoms with Crippen LogP contribution in [0.1, 0.15) is 26.2 Å². The van der Waals surface area contributed by atoms with Crippen LogP contribution in [0.5, 0.6) is 0 Å². The van der Waals surface area contributed by atoms with Crippen LogP contribution in [-0.4, -0.2) is 26.3 Å². The Bertz CT molecular complexity index is 457. The number of nitrogen functional groups attached to an aromatic ring is 1. The fraction of sp³-hybridized carbons (Fsp3) is 0.500. The van der Waals surface area contributed by atoms with Gasteiger partial charge in [-0.05, 0) is 30.7 Å². The topological polar surface area (TPSA) is 75.4 Å². The predicted octanol–water partition coefficient (Wildman–Crippen LogP) is 1.78. The molecule has 0 amide bonds. The Labute approximate surface area is 109 Å². The fourth-order valence-corrected chi connectivity index (χ4v) is 2.82. The molecule has 1 aromatic carbocycles. The van der Waals surface area contributed by atoms with Crippen molar-refractivity contribution >= 4 is 15.7 Å². The number of rotatable bonds is 7.